The van der Waals surface area contributed by atoms with Crippen molar-refractivity contribution >= 4 is 17.5 Å². The van der Waals surface area contributed by atoms with E-state index in [0.29, 0.717) is 19.8 Å². The average molecular weight is 450 g/mol. The molecule has 5 nitrogen and oxygen atoms in total. The monoisotopic (exact) mass is 450 g/mol. The second-order valence-electron chi connectivity index (χ2n) is 8.01. The first-order valence-electron chi connectivity index (χ1n) is 10.7. The molecule has 0 radical (unpaired) electrons. The zero-order valence-electron chi connectivity index (χ0n) is 18.0. The van der Waals surface area contributed by atoms with Gasteiger partial charge in [0.25, 0.3) is 0 Å². The largest absolute Gasteiger partial charge is 0.372 e. The number of carbonyl (C=O) groups is 2. The molecule has 1 atom stereocenters. The summed E-state index contributed by atoms with van der Waals surface area (Å²) in [5.74, 6) is -2.76. The first-order chi connectivity index (χ1) is 16.0. The van der Waals surface area contributed by atoms with Gasteiger partial charge in [-0.25, -0.2) is 8.78 Å². The van der Waals surface area contributed by atoms with Gasteiger partial charge in [-0.3, -0.25) is 9.59 Å². The van der Waals surface area contributed by atoms with Gasteiger partial charge in [-0.1, -0.05) is 54.6 Å². The highest BCUT2D eigenvalue weighted by atomic mass is 19.1. The summed E-state index contributed by atoms with van der Waals surface area (Å²) < 4.78 is 32.9. The third kappa shape index (κ3) is 5.81. The predicted molar refractivity (Wildman–Crippen MR) is 120 cm³/mol. The molecule has 1 unspecified atom stereocenters. The predicted octanol–water partition coefficient (Wildman–Crippen LogP) is 4.35. The number of nitrogens with zero attached hydrogens (tertiary/aromatic N) is 1. The Morgan fingerprint density at radius 1 is 0.939 bits per heavy atom. The lowest BCUT2D eigenvalue weighted by molar-refractivity contribution is -0.126. The molecule has 3 aromatic rings. The van der Waals surface area contributed by atoms with Gasteiger partial charge in [0.15, 0.2) is 0 Å². The van der Waals surface area contributed by atoms with Crippen LogP contribution < -0.4 is 10.2 Å². The van der Waals surface area contributed by atoms with Gasteiger partial charge in [0.1, 0.15) is 11.6 Å². The minimum Gasteiger partial charge on any atom is -0.372 e. The van der Waals surface area contributed by atoms with Crippen LogP contribution in [0.2, 0.25) is 0 Å². The number of carbonyl (C=O) groups excluding carboxylic acids is 2. The van der Waals surface area contributed by atoms with Crippen molar-refractivity contribution in [2.75, 3.05) is 11.4 Å². The molecule has 0 spiro atoms. The van der Waals surface area contributed by atoms with Gasteiger partial charge < -0.3 is 15.0 Å². The fourth-order valence-corrected chi connectivity index (χ4v) is 3.76. The highest BCUT2D eigenvalue weighted by molar-refractivity contribution is 6.00. The maximum absolute atomic E-state index is 14.0. The molecule has 3 aromatic carbocycles. The Balaban J connectivity index is 1.25. The summed E-state index contributed by atoms with van der Waals surface area (Å²) in [6.45, 7) is 1.41. The number of hydrogen-bond donors (Lipinski definition) is 1. The maximum atomic E-state index is 14.0. The quantitative estimate of drug-likeness (QED) is 0.555. The molecular weight excluding hydrogens is 426 g/mol. The number of hydrogen-bond acceptors (Lipinski definition) is 3. The lowest BCUT2D eigenvalue weighted by Crippen LogP contribution is -2.32. The molecule has 1 aliphatic heterocycles. The Morgan fingerprint density at radius 3 is 2.30 bits per heavy atom. The van der Waals surface area contributed by atoms with Crippen molar-refractivity contribution in [2.24, 2.45) is 5.92 Å². The van der Waals surface area contributed by atoms with Gasteiger partial charge >= 0.3 is 0 Å². The number of rotatable bonds is 8. The number of benzene rings is 3. The van der Waals surface area contributed by atoms with E-state index in [1.54, 1.807) is 0 Å². The number of halogens is 2. The first-order valence-corrected chi connectivity index (χ1v) is 10.7. The fraction of sp³-hybridized carbons (Fsp3) is 0.231. The van der Waals surface area contributed by atoms with Crippen LogP contribution in [0.3, 0.4) is 0 Å². The van der Waals surface area contributed by atoms with Gasteiger partial charge in [0.05, 0.1) is 24.8 Å². The molecule has 0 aromatic heterocycles. The van der Waals surface area contributed by atoms with Crippen LogP contribution in [0.15, 0.2) is 72.8 Å². The molecule has 1 fully saturated rings. The summed E-state index contributed by atoms with van der Waals surface area (Å²) in [5.41, 5.74) is 3.05. The lowest BCUT2D eigenvalue weighted by Gasteiger charge is -2.17. The van der Waals surface area contributed by atoms with Gasteiger partial charge in [-0.15, -0.1) is 0 Å². The average Bonchev–Trinajstić information content (AvgIpc) is 3.20. The van der Waals surface area contributed by atoms with E-state index in [2.05, 4.69) is 5.32 Å². The molecular formula is C26H24F2N2O3. The summed E-state index contributed by atoms with van der Waals surface area (Å²) in [6, 6.07) is 20.7. The van der Waals surface area contributed by atoms with E-state index in [4.69, 9.17) is 4.74 Å². The van der Waals surface area contributed by atoms with Crippen molar-refractivity contribution in [3.05, 3.63) is 101 Å². The molecule has 2 amide bonds. The van der Waals surface area contributed by atoms with E-state index in [9.17, 15) is 18.4 Å². The Bertz CT molecular complexity index is 1120. The van der Waals surface area contributed by atoms with E-state index in [1.807, 2.05) is 54.6 Å². The van der Waals surface area contributed by atoms with Crippen LogP contribution in [0.4, 0.5) is 14.5 Å². The van der Waals surface area contributed by atoms with Crippen LogP contribution in [0.1, 0.15) is 23.1 Å². The molecule has 170 valence electrons. The summed E-state index contributed by atoms with van der Waals surface area (Å²) in [4.78, 5) is 26.0. The van der Waals surface area contributed by atoms with Crippen LogP contribution in [0.25, 0.3) is 0 Å². The summed E-state index contributed by atoms with van der Waals surface area (Å²) in [5, 5.41) is 2.84. The molecule has 0 saturated carbocycles. The summed E-state index contributed by atoms with van der Waals surface area (Å²) in [7, 11) is 0. The van der Waals surface area contributed by atoms with Crippen LogP contribution >= 0.6 is 0 Å². The van der Waals surface area contributed by atoms with Gasteiger partial charge in [-0.05, 0) is 28.8 Å². The highest BCUT2D eigenvalue weighted by Gasteiger charge is 2.36. The number of nitrogens with one attached hydrogen (secondary N) is 1. The van der Waals surface area contributed by atoms with E-state index < -0.39 is 17.6 Å². The van der Waals surface area contributed by atoms with Gasteiger partial charge in [-0.2, -0.15) is 0 Å². The number of anilines is 1. The van der Waals surface area contributed by atoms with E-state index in [0.717, 1.165) is 28.8 Å². The Hall–Kier alpha value is -3.58. The van der Waals surface area contributed by atoms with E-state index in [-0.39, 0.29) is 30.5 Å². The van der Waals surface area contributed by atoms with Crippen molar-refractivity contribution in [1.29, 1.82) is 0 Å². The molecule has 33 heavy (non-hydrogen) atoms. The Kier molecular flexibility index (Phi) is 7.10. The van der Waals surface area contributed by atoms with E-state index >= 15 is 0 Å². The Morgan fingerprint density at radius 2 is 1.61 bits per heavy atom. The standard InChI is InChI=1S/C26H24F2N2O3/c27-22-10-11-24(23(28)13-22)30-15-21(12-25(30)31)26(32)29-14-18-6-8-20(9-7-18)17-33-16-19-4-2-1-3-5-19/h1-11,13,21H,12,14-17H2,(H,29,32). The molecule has 1 heterocycles. The summed E-state index contributed by atoms with van der Waals surface area (Å²) in [6.07, 6.45) is -0.0136. The lowest BCUT2D eigenvalue weighted by atomic mass is 10.1. The normalized spacial score (nSPS) is 15.6. The third-order valence-corrected chi connectivity index (χ3v) is 5.57. The van der Waals surface area contributed by atoms with Crippen molar-refractivity contribution in [3.63, 3.8) is 0 Å². The van der Waals surface area contributed by atoms with Gasteiger partial charge in [0.2, 0.25) is 11.8 Å². The molecule has 0 aliphatic carbocycles. The highest BCUT2D eigenvalue weighted by Crippen LogP contribution is 2.28. The fourth-order valence-electron chi connectivity index (χ4n) is 3.76. The maximum Gasteiger partial charge on any atom is 0.227 e. The molecule has 1 saturated heterocycles. The van der Waals surface area contributed by atoms with Crippen molar-refractivity contribution in [2.45, 2.75) is 26.2 Å². The zero-order valence-corrected chi connectivity index (χ0v) is 18.0. The minimum atomic E-state index is -0.822. The molecule has 1 aliphatic rings. The first kappa shape index (κ1) is 22.6. The van der Waals surface area contributed by atoms with Crippen molar-refractivity contribution < 1.29 is 23.1 Å². The van der Waals surface area contributed by atoms with E-state index in [1.165, 1.54) is 11.0 Å². The molecule has 7 heteroatoms. The topological polar surface area (TPSA) is 58.6 Å². The third-order valence-electron chi connectivity index (χ3n) is 5.57. The smallest absolute Gasteiger partial charge is 0.227 e. The second-order valence-corrected chi connectivity index (χ2v) is 8.01. The second kappa shape index (κ2) is 10.4. The SMILES string of the molecule is O=C(NCc1ccc(COCc2ccccc2)cc1)C1CC(=O)N(c2ccc(F)cc2F)C1. The van der Waals surface area contributed by atoms with Crippen LogP contribution in [-0.2, 0) is 34.1 Å². The van der Waals surface area contributed by atoms with Gasteiger partial charge in [0, 0.05) is 25.6 Å². The number of amides is 2. The van der Waals surface area contributed by atoms with Crippen LogP contribution in [0, 0.1) is 17.6 Å². The zero-order chi connectivity index (χ0) is 23.2. The van der Waals surface area contributed by atoms with Crippen molar-refractivity contribution in [1.82, 2.24) is 5.32 Å². The van der Waals surface area contributed by atoms with Crippen LogP contribution in [-0.4, -0.2) is 18.4 Å². The number of ether oxygens (including phenoxy) is 1. The minimum absolute atomic E-state index is 0.0122. The molecule has 1 N–H and O–H groups in total. The Labute approximate surface area is 191 Å². The molecule has 4 rings (SSSR count). The molecule has 0 bridgehead atoms. The van der Waals surface area contributed by atoms with Crippen LogP contribution in [0.5, 0.6) is 0 Å². The van der Waals surface area contributed by atoms with Crippen molar-refractivity contribution in [3.8, 4) is 0 Å². The summed E-state index contributed by atoms with van der Waals surface area (Å²) >= 11 is 0.